The number of amidine groups is 1. The van der Waals surface area contributed by atoms with Crippen molar-refractivity contribution in [2.75, 3.05) is 4.90 Å². The number of carbonyl (C=O) groups excluding carboxylic acids is 3. The zero-order chi connectivity index (χ0) is 29.0. The number of aryl methyl sites for hydroxylation is 2. The Morgan fingerprint density at radius 2 is 1.67 bits per heavy atom. The monoisotopic (exact) mass is 608 g/mol. The third-order valence-corrected chi connectivity index (χ3v) is 9.47. The molecule has 4 heterocycles. The van der Waals surface area contributed by atoms with Crippen molar-refractivity contribution in [1.29, 1.82) is 0 Å². The van der Waals surface area contributed by atoms with Gasteiger partial charge < -0.3 is 9.73 Å². The molecule has 11 heteroatoms. The number of fused-ring (bicyclic) bond motifs is 2. The van der Waals surface area contributed by atoms with Gasteiger partial charge in [0.2, 0.25) is 0 Å². The molecule has 8 nitrogen and oxygen atoms in total. The van der Waals surface area contributed by atoms with Crippen LogP contribution < -0.4 is 10.2 Å². The first-order valence-corrected chi connectivity index (χ1v) is 15.3. The van der Waals surface area contributed by atoms with Crippen LogP contribution in [0.1, 0.15) is 37.6 Å². The molecule has 2 aliphatic rings. The summed E-state index contributed by atoms with van der Waals surface area (Å²) in [7, 11) is 0. The van der Waals surface area contributed by atoms with Gasteiger partial charge in [-0.2, -0.15) is 0 Å². The highest BCUT2D eigenvalue weighted by Gasteiger charge is 2.36. The summed E-state index contributed by atoms with van der Waals surface area (Å²) in [4.78, 5) is 49.3. The average Bonchev–Trinajstić information content (AvgIpc) is 3.70. The van der Waals surface area contributed by atoms with Crippen LogP contribution in [0, 0.1) is 13.8 Å². The number of anilines is 1. The van der Waals surface area contributed by atoms with Gasteiger partial charge in [-0.15, -0.1) is 11.3 Å². The molecule has 2 aliphatic heterocycles. The van der Waals surface area contributed by atoms with E-state index in [0.717, 1.165) is 31.4 Å². The molecule has 2 aromatic heterocycles. The predicted octanol–water partition coefficient (Wildman–Crippen LogP) is 7.35. The molecule has 206 valence electrons. The van der Waals surface area contributed by atoms with Crippen molar-refractivity contribution < 1.29 is 18.8 Å². The van der Waals surface area contributed by atoms with Gasteiger partial charge in [-0.25, -0.2) is 14.9 Å². The minimum atomic E-state index is -0.330. The SMILES string of the molecule is Cc1cc(C)cc(N=C2NC(=O)/C(=C/c3ccc(Sc4nc5ccc(N6C(=O)c7ccccc7C6=O)cc5s4)o3)S2)c1. The van der Waals surface area contributed by atoms with E-state index in [-0.39, 0.29) is 17.7 Å². The maximum Gasteiger partial charge on any atom is 0.266 e. The van der Waals surface area contributed by atoms with Gasteiger partial charge in [0.05, 0.1) is 37.6 Å². The van der Waals surface area contributed by atoms with Crippen LogP contribution in [-0.2, 0) is 4.79 Å². The number of furan rings is 1. The molecule has 0 unspecified atom stereocenters. The second kappa shape index (κ2) is 10.4. The molecule has 3 amide bonds. The quantitative estimate of drug-likeness (QED) is 0.164. The van der Waals surface area contributed by atoms with Crippen LogP contribution >= 0.6 is 34.9 Å². The largest absolute Gasteiger partial charge is 0.450 e. The molecule has 3 aromatic carbocycles. The number of imide groups is 1. The number of thiazole rings is 1. The third kappa shape index (κ3) is 4.95. The van der Waals surface area contributed by atoms with Crippen LogP contribution in [0.3, 0.4) is 0 Å². The highest BCUT2D eigenvalue weighted by Crippen LogP contribution is 2.38. The van der Waals surface area contributed by atoms with Crippen molar-refractivity contribution in [1.82, 2.24) is 10.3 Å². The van der Waals surface area contributed by atoms with Gasteiger partial charge in [-0.05, 0) is 103 Å². The van der Waals surface area contributed by atoms with Crippen molar-refractivity contribution in [2.45, 2.75) is 23.3 Å². The second-order valence-electron chi connectivity index (χ2n) is 9.71. The molecule has 0 bridgehead atoms. The van der Waals surface area contributed by atoms with Crippen LogP contribution in [0.5, 0.6) is 0 Å². The molecule has 0 spiro atoms. The number of hydrogen-bond donors (Lipinski definition) is 1. The lowest BCUT2D eigenvalue weighted by atomic mass is 10.1. The van der Waals surface area contributed by atoms with Crippen LogP contribution in [0.15, 0.2) is 96.5 Å². The van der Waals surface area contributed by atoms with Gasteiger partial charge in [-0.1, -0.05) is 18.2 Å². The maximum atomic E-state index is 12.9. The first-order chi connectivity index (χ1) is 20.3. The Balaban J connectivity index is 1.07. The van der Waals surface area contributed by atoms with Crippen molar-refractivity contribution in [2.24, 2.45) is 4.99 Å². The van der Waals surface area contributed by atoms with Crippen LogP contribution in [-0.4, -0.2) is 27.9 Å². The van der Waals surface area contributed by atoms with Gasteiger partial charge in [0.1, 0.15) is 5.76 Å². The van der Waals surface area contributed by atoms with E-state index in [1.165, 1.54) is 39.8 Å². The van der Waals surface area contributed by atoms with Crippen LogP contribution in [0.4, 0.5) is 11.4 Å². The number of thioether (sulfide) groups is 1. The highest BCUT2D eigenvalue weighted by molar-refractivity contribution is 8.18. The smallest absolute Gasteiger partial charge is 0.266 e. The Labute approximate surface area is 252 Å². The van der Waals surface area contributed by atoms with E-state index < -0.39 is 0 Å². The van der Waals surface area contributed by atoms with E-state index in [2.05, 4.69) is 21.4 Å². The fourth-order valence-corrected chi connectivity index (χ4v) is 7.62. The lowest BCUT2D eigenvalue weighted by Gasteiger charge is -2.13. The summed E-state index contributed by atoms with van der Waals surface area (Å²) >= 11 is 4.07. The molecule has 0 atom stereocenters. The summed E-state index contributed by atoms with van der Waals surface area (Å²) in [5, 5.41) is 3.95. The van der Waals surface area contributed by atoms with E-state index >= 15 is 0 Å². The third-order valence-electron chi connectivity index (χ3n) is 6.56. The van der Waals surface area contributed by atoms with E-state index in [9.17, 15) is 14.4 Å². The molecular formula is C31H20N4O4S3. The topological polar surface area (TPSA) is 105 Å². The van der Waals surface area contributed by atoms with Gasteiger partial charge >= 0.3 is 0 Å². The molecule has 0 radical (unpaired) electrons. The molecule has 1 saturated heterocycles. The number of rotatable bonds is 5. The van der Waals surface area contributed by atoms with Crippen molar-refractivity contribution >= 4 is 85.4 Å². The van der Waals surface area contributed by atoms with E-state index in [0.29, 0.717) is 37.7 Å². The summed E-state index contributed by atoms with van der Waals surface area (Å²) in [6, 6.07) is 21.8. The summed E-state index contributed by atoms with van der Waals surface area (Å²) < 4.78 is 7.56. The summed E-state index contributed by atoms with van der Waals surface area (Å²) in [5.74, 6) is -0.348. The lowest BCUT2D eigenvalue weighted by Crippen LogP contribution is -2.29. The Kier molecular flexibility index (Phi) is 6.57. The van der Waals surface area contributed by atoms with Crippen LogP contribution in [0.2, 0.25) is 0 Å². The fourth-order valence-electron chi connectivity index (χ4n) is 4.79. The summed E-state index contributed by atoms with van der Waals surface area (Å²) in [6.07, 6.45) is 1.70. The molecule has 7 rings (SSSR count). The number of benzene rings is 3. The average molecular weight is 609 g/mol. The fraction of sp³-hybridized carbons (Fsp3) is 0.0645. The molecular weight excluding hydrogens is 589 g/mol. The second-order valence-corrected chi connectivity index (χ2v) is 13.0. The molecule has 0 saturated carbocycles. The minimum Gasteiger partial charge on any atom is -0.450 e. The van der Waals surface area contributed by atoms with Gasteiger partial charge in [0.25, 0.3) is 17.7 Å². The van der Waals surface area contributed by atoms with Gasteiger partial charge in [-0.3, -0.25) is 14.4 Å². The number of carbonyl (C=O) groups is 3. The van der Waals surface area contributed by atoms with Gasteiger partial charge in [0.15, 0.2) is 14.6 Å². The minimum absolute atomic E-state index is 0.228. The van der Waals surface area contributed by atoms with E-state index in [4.69, 9.17) is 4.42 Å². The first kappa shape index (κ1) is 26.4. The summed E-state index contributed by atoms with van der Waals surface area (Å²) in [5.41, 5.74) is 5.09. The molecule has 1 fully saturated rings. The number of aromatic nitrogens is 1. The predicted molar refractivity (Wildman–Crippen MR) is 167 cm³/mol. The number of nitrogens with one attached hydrogen (secondary N) is 1. The van der Waals surface area contributed by atoms with Gasteiger partial charge in [0, 0.05) is 6.08 Å². The zero-order valence-electron chi connectivity index (χ0n) is 22.2. The number of nitrogens with zero attached hydrogens (tertiary/aromatic N) is 3. The van der Waals surface area contributed by atoms with Crippen molar-refractivity contribution in [3.63, 3.8) is 0 Å². The summed E-state index contributed by atoms with van der Waals surface area (Å²) in [6.45, 7) is 4.03. The number of hydrogen-bond acceptors (Lipinski definition) is 9. The lowest BCUT2D eigenvalue weighted by molar-refractivity contribution is -0.115. The molecule has 1 N–H and O–H groups in total. The highest BCUT2D eigenvalue weighted by atomic mass is 32.2. The molecule has 0 aliphatic carbocycles. The Hall–Kier alpha value is -4.45. The first-order valence-electron chi connectivity index (χ1n) is 12.8. The Morgan fingerprint density at radius 1 is 0.929 bits per heavy atom. The normalized spacial score (nSPS) is 16.7. The zero-order valence-corrected chi connectivity index (χ0v) is 24.7. The molecule has 5 aromatic rings. The van der Waals surface area contributed by atoms with E-state index in [1.807, 2.05) is 38.1 Å². The standard InChI is InChI=1S/C31H20N4O4S3/c1-16-11-17(2)13-18(12-16)32-30-34-27(36)25(40-30)15-20-8-10-26(39-20)42-31-33-23-9-7-19(14-24(23)41-31)35-28(37)21-5-3-4-6-22(21)29(35)38/h3-15H,1-2H3,(H,32,34,36)/b25-15-. The number of aliphatic imine (C=N–C) groups is 1. The maximum absolute atomic E-state index is 12.9. The molecule has 42 heavy (non-hydrogen) atoms. The number of amides is 3. The van der Waals surface area contributed by atoms with Crippen LogP contribution in [0.25, 0.3) is 16.3 Å². The van der Waals surface area contributed by atoms with Crippen molar-refractivity contribution in [3.8, 4) is 0 Å². The Morgan fingerprint density at radius 3 is 2.40 bits per heavy atom. The Bertz CT molecular complexity index is 1970. The van der Waals surface area contributed by atoms with Crippen molar-refractivity contribution in [3.05, 3.63) is 106 Å². The van der Waals surface area contributed by atoms with E-state index in [1.54, 1.807) is 48.5 Å².